The van der Waals surface area contributed by atoms with Crippen LogP contribution in [0.2, 0.25) is 0 Å². The summed E-state index contributed by atoms with van der Waals surface area (Å²) in [7, 11) is 0. The van der Waals surface area contributed by atoms with E-state index in [1.807, 2.05) is 23.6 Å². The molecule has 17 heavy (non-hydrogen) atoms. The number of hydrogen-bond donors (Lipinski definition) is 0. The fourth-order valence-corrected chi connectivity index (χ4v) is 3.21. The summed E-state index contributed by atoms with van der Waals surface area (Å²) in [5.41, 5.74) is 3.60. The van der Waals surface area contributed by atoms with Crippen LogP contribution in [0.4, 0.5) is 0 Å². The number of fused-ring (bicyclic) bond motifs is 3. The number of benzene rings is 1. The smallest absolute Gasteiger partial charge is 0.254 e. The molecule has 0 unspecified atom stereocenters. The molecular weight excluding hydrogens is 278 g/mol. The van der Waals surface area contributed by atoms with Crippen LogP contribution >= 0.6 is 15.9 Å². The van der Waals surface area contributed by atoms with Gasteiger partial charge in [-0.2, -0.15) is 0 Å². The van der Waals surface area contributed by atoms with E-state index in [0.717, 1.165) is 41.4 Å². The van der Waals surface area contributed by atoms with Gasteiger partial charge in [0.1, 0.15) is 0 Å². The Balaban J connectivity index is 2.52. The van der Waals surface area contributed by atoms with Crippen molar-refractivity contribution in [3.05, 3.63) is 44.2 Å². The molecular formula is C14H14BrNO. The molecule has 0 radical (unpaired) electrons. The predicted molar refractivity (Wildman–Crippen MR) is 73.6 cm³/mol. The first-order chi connectivity index (χ1) is 8.22. The Morgan fingerprint density at radius 1 is 1.29 bits per heavy atom. The van der Waals surface area contributed by atoms with E-state index in [-0.39, 0.29) is 5.56 Å². The van der Waals surface area contributed by atoms with Gasteiger partial charge < -0.3 is 4.57 Å². The van der Waals surface area contributed by atoms with Gasteiger partial charge in [-0.25, -0.2) is 0 Å². The van der Waals surface area contributed by atoms with E-state index in [1.165, 1.54) is 10.9 Å². The Morgan fingerprint density at radius 2 is 2.06 bits per heavy atom. The minimum atomic E-state index is 0.217. The molecule has 0 N–H and O–H groups in total. The number of nitrogens with zero attached hydrogens (tertiary/aromatic N) is 1. The molecule has 2 aromatic rings. The molecule has 2 nitrogen and oxygen atoms in total. The molecule has 0 amide bonds. The average molecular weight is 292 g/mol. The van der Waals surface area contributed by atoms with Crippen LogP contribution in [0.3, 0.4) is 0 Å². The summed E-state index contributed by atoms with van der Waals surface area (Å²) in [5.74, 6) is 0. The summed E-state index contributed by atoms with van der Waals surface area (Å²) in [6, 6.07) is 6.20. The van der Waals surface area contributed by atoms with Crippen molar-refractivity contribution in [3.63, 3.8) is 0 Å². The van der Waals surface area contributed by atoms with Gasteiger partial charge in [-0.15, -0.1) is 0 Å². The van der Waals surface area contributed by atoms with E-state index in [0.29, 0.717) is 0 Å². The first-order valence-corrected chi connectivity index (χ1v) is 6.85. The summed E-state index contributed by atoms with van der Waals surface area (Å²) in [4.78, 5) is 12.3. The van der Waals surface area contributed by atoms with Crippen LogP contribution in [-0.4, -0.2) is 4.57 Å². The van der Waals surface area contributed by atoms with Crippen LogP contribution < -0.4 is 5.56 Å². The number of hydrogen-bond acceptors (Lipinski definition) is 1. The summed E-state index contributed by atoms with van der Waals surface area (Å²) in [5, 5.41) is 1.24. The number of aromatic nitrogens is 1. The molecule has 1 aromatic heterocycles. The minimum Gasteiger partial charge on any atom is -0.308 e. The number of rotatable bonds is 1. The SMILES string of the molecule is CCn1c(=O)c2c(c3cc(Br)ccc31)CCC2. The topological polar surface area (TPSA) is 22.0 Å². The lowest BCUT2D eigenvalue weighted by Gasteiger charge is -2.12. The fraction of sp³-hybridized carbons (Fsp3) is 0.357. The average Bonchev–Trinajstić information content (AvgIpc) is 2.80. The maximum atomic E-state index is 12.3. The van der Waals surface area contributed by atoms with Crippen LogP contribution in [0.25, 0.3) is 10.9 Å². The molecule has 1 aliphatic rings. The number of halogens is 1. The second kappa shape index (κ2) is 3.98. The Hall–Kier alpha value is -1.09. The third kappa shape index (κ3) is 1.56. The predicted octanol–water partition coefficient (Wildman–Crippen LogP) is 3.27. The maximum absolute atomic E-state index is 12.3. The highest BCUT2D eigenvalue weighted by Gasteiger charge is 2.20. The van der Waals surface area contributed by atoms with Crippen LogP contribution in [0, 0.1) is 0 Å². The van der Waals surface area contributed by atoms with Crippen molar-refractivity contribution in [2.45, 2.75) is 32.7 Å². The van der Waals surface area contributed by atoms with Crippen LogP contribution in [0.15, 0.2) is 27.5 Å². The van der Waals surface area contributed by atoms with Crippen LogP contribution in [-0.2, 0) is 19.4 Å². The highest BCUT2D eigenvalue weighted by Crippen LogP contribution is 2.29. The van der Waals surface area contributed by atoms with E-state index < -0.39 is 0 Å². The van der Waals surface area contributed by atoms with E-state index in [9.17, 15) is 4.79 Å². The van der Waals surface area contributed by atoms with Gasteiger partial charge in [-0.3, -0.25) is 4.79 Å². The van der Waals surface area contributed by atoms with Gasteiger partial charge in [-0.1, -0.05) is 15.9 Å². The Kier molecular flexibility index (Phi) is 2.58. The number of aryl methyl sites for hydroxylation is 2. The van der Waals surface area contributed by atoms with Crippen molar-refractivity contribution in [2.24, 2.45) is 0 Å². The highest BCUT2D eigenvalue weighted by atomic mass is 79.9. The van der Waals surface area contributed by atoms with Gasteiger partial charge in [0.2, 0.25) is 0 Å². The largest absolute Gasteiger partial charge is 0.308 e. The van der Waals surface area contributed by atoms with Gasteiger partial charge in [0.25, 0.3) is 5.56 Å². The first-order valence-electron chi connectivity index (χ1n) is 6.06. The second-order valence-electron chi connectivity index (χ2n) is 4.52. The summed E-state index contributed by atoms with van der Waals surface area (Å²) in [6.45, 7) is 2.77. The first kappa shape index (κ1) is 11.0. The van der Waals surface area contributed by atoms with Crippen molar-refractivity contribution in [1.29, 1.82) is 0 Å². The summed E-state index contributed by atoms with van der Waals surface area (Å²) >= 11 is 3.52. The second-order valence-corrected chi connectivity index (χ2v) is 5.44. The van der Waals surface area contributed by atoms with Crippen molar-refractivity contribution >= 4 is 26.8 Å². The van der Waals surface area contributed by atoms with Gasteiger partial charge in [0, 0.05) is 22.0 Å². The lowest BCUT2D eigenvalue weighted by atomic mass is 10.1. The molecule has 1 aliphatic carbocycles. The quantitative estimate of drug-likeness (QED) is 0.790. The third-order valence-corrected chi connectivity index (χ3v) is 4.11. The molecule has 3 heteroatoms. The van der Waals surface area contributed by atoms with E-state index in [4.69, 9.17) is 0 Å². The monoisotopic (exact) mass is 291 g/mol. The molecule has 1 aromatic carbocycles. The van der Waals surface area contributed by atoms with E-state index >= 15 is 0 Å². The van der Waals surface area contributed by atoms with Gasteiger partial charge in [0.05, 0.1) is 5.52 Å². The summed E-state index contributed by atoms with van der Waals surface area (Å²) in [6.07, 6.45) is 3.10. The van der Waals surface area contributed by atoms with Crippen molar-refractivity contribution < 1.29 is 0 Å². The van der Waals surface area contributed by atoms with Gasteiger partial charge >= 0.3 is 0 Å². The summed E-state index contributed by atoms with van der Waals surface area (Å²) < 4.78 is 2.98. The molecule has 0 atom stereocenters. The lowest BCUT2D eigenvalue weighted by molar-refractivity contribution is 0.748. The molecule has 0 fully saturated rings. The van der Waals surface area contributed by atoms with E-state index in [1.54, 1.807) is 0 Å². The molecule has 3 rings (SSSR count). The molecule has 88 valence electrons. The lowest BCUT2D eigenvalue weighted by Crippen LogP contribution is -2.23. The van der Waals surface area contributed by atoms with Crippen LogP contribution in [0.1, 0.15) is 24.5 Å². The Bertz CT molecular complexity index is 657. The zero-order chi connectivity index (χ0) is 12.0. The number of pyridine rings is 1. The molecule has 1 heterocycles. The van der Waals surface area contributed by atoms with Gasteiger partial charge in [-0.05, 0) is 49.9 Å². The molecule has 0 bridgehead atoms. The van der Waals surface area contributed by atoms with Gasteiger partial charge in [0.15, 0.2) is 0 Å². The highest BCUT2D eigenvalue weighted by molar-refractivity contribution is 9.10. The minimum absolute atomic E-state index is 0.217. The van der Waals surface area contributed by atoms with E-state index in [2.05, 4.69) is 22.0 Å². The fourth-order valence-electron chi connectivity index (χ4n) is 2.85. The zero-order valence-electron chi connectivity index (χ0n) is 9.79. The molecule has 0 saturated carbocycles. The maximum Gasteiger partial charge on any atom is 0.254 e. The standard InChI is InChI=1S/C14H14BrNO/c1-2-16-13-7-6-9(15)8-12(13)10-4-3-5-11(10)14(16)17/h6-8H,2-5H2,1H3. The normalized spacial score (nSPS) is 14.2. The zero-order valence-corrected chi connectivity index (χ0v) is 11.4. The Morgan fingerprint density at radius 3 is 2.82 bits per heavy atom. The Labute approximate surface area is 108 Å². The molecule has 0 aliphatic heterocycles. The molecule has 0 saturated heterocycles. The molecule has 0 spiro atoms. The van der Waals surface area contributed by atoms with Crippen molar-refractivity contribution in [2.75, 3.05) is 0 Å². The van der Waals surface area contributed by atoms with Crippen molar-refractivity contribution in [3.8, 4) is 0 Å². The van der Waals surface area contributed by atoms with Crippen LogP contribution in [0.5, 0.6) is 0 Å². The van der Waals surface area contributed by atoms with Crippen molar-refractivity contribution in [1.82, 2.24) is 4.57 Å². The third-order valence-electron chi connectivity index (χ3n) is 3.61.